The van der Waals surface area contributed by atoms with Crippen molar-refractivity contribution in [1.29, 1.82) is 0 Å². The van der Waals surface area contributed by atoms with E-state index in [0.717, 1.165) is 44.9 Å². The largest absolute Gasteiger partial charge is 0.481 e. The van der Waals surface area contributed by atoms with Gasteiger partial charge < -0.3 is 15.3 Å². The molecule has 1 atom stereocenters. The van der Waals surface area contributed by atoms with Crippen molar-refractivity contribution in [2.75, 3.05) is 0 Å². The lowest BCUT2D eigenvalue weighted by Gasteiger charge is -2.06. The Morgan fingerprint density at radius 2 is 0.632 bits per heavy atom. The average Bonchev–Trinajstić information content (AvgIpc) is 3.18. The van der Waals surface area contributed by atoms with E-state index in [2.05, 4.69) is 20.4 Å². The summed E-state index contributed by atoms with van der Waals surface area (Å²) in [6.07, 6.45) is 52.9. The zero-order valence-electron chi connectivity index (χ0n) is 38.6. The number of hydrogen-bond acceptors (Lipinski definition) is 3. The predicted molar refractivity (Wildman–Crippen MR) is 252 cm³/mol. The second-order valence-electron chi connectivity index (χ2n) is 17.0. The van der Waals surface area contributed by atoms with E-state index in [-0.39, 0.29) is 5.92 Å². The Kier molecular flexibility index (Phi) is 56.9. The molecular weight excluding hydrogens is 725 g/mol. The highest BCUT2D eigenvalue weighted by Gasteiger charge is 2.11. The maximum atomic E-state index is 10.8. The van der Waals surface area contributed by atoms with Crippen molar-refractivity contribution in [3.05, 3.63) is 12.7 Å². The number of unbranched alkanes of at least 4 members (excludes halogenated alkanes) is 35. The predicted octanol–water partition coefficient (Wildman–Crippen LogP) is 15.8. The summed E-state index contributed by atoms with van der Waals surface area (Å²) in [5, 5.41) is 25.9. The summed E-state index contributed by atoms with van der Waals surface area (Å²) in [4.78, 5) is 31.4. The van der Waals surface area contributed by atoms with Crippen LogP contribution in [0, 0.1) is 5.92 Å². The van der Waals surface area contributed by atoms with Crippen LogP contribution in [-0.4, -0.2) is 43.5 Å². The molecule has 0 saturated heterocycles. The van der Waals surface area contributed by atoms with Crippen LogP contribution in [0.3, 0.4) is 0 Å². The van der Waals surface area contributed by atoms with Crippen LogP contribution in [0.25, 0.3) is 0 Å². The van der Waals surface area contributed by atoms with Crippen molar-refractivity contribution in [3.8, 4) is 0 Å². The molecule has 0 aromatic carbocycles. The normalized spacial score (nSPS) is 11.3. The van der Waals surface area contributed by atoms with E-state index in [1.165, 1.54) is 222 Å². The topological polar surface area (TPSA) is 112 Å². The number of aliphatic carboxylic acids is 3. The van der Waals surface area contributed by atoms with Gasteiger partial charge >= 0.3 is 17.9 Å². The van der Waals surface area contributed by atoms with E-state index in [1.807, 2.05) is 0 Å². The lowest BCUT2D eigenvalue weighted by atomic mass is 10.00. The molecule has 3 N–H and O–H groups in total. The molecule has 0 rings (SSSR count). The molecule has 6 nitrogen and oxygen atoms in total. The van der Waals surface area contributed by atoms with Crippen LogP contribution in [0.1, 0.15) is 277 Å². The zero-order chi connectivity index (χ0) is 42.7. The molecule has 0 amide bonds. The Morgan fingerprint density at radius 1 is 0.404 bits per heavy atom. The summed E-state index contributed by atoms with van der Waals surface area (Å²) in [6.45, 7) is 8.10. The molecule has 0 heterocycles. The van der Waals surface area contributed by atoms with Gasteiger partial charge in [0.2, 0.25) is 0 Å². The fourth-order valence-electron chi connectivity index (χ4n) is 7.31. The number of hydrogen-bond donors (Lipinski definition) is 3. The Hall–Kier alpha value is -1.63. The van der Waals surface area contributed by atoms with Gasteiger partial charge in [-0.15, -0.1) is 6.58 Å². The van der Waals surface area contributed by atoms with E-state index in [9.17, 15) is 14.4 Å². The Bertz CT molecular complexity index is 779. The first kappa shape index (κ1) is 59.7. The summed E-state index contributed by atoms with van der Waals surface area (Å²) in [7, 11) is 1.37. The fraction of sp³-hybridized carbons (Fsp3) is 0.900. The Morgan fingerprint density at radius 3 is 0.842 bits per heavy atom. The van der Waals surface area contributed by atoms with Crippen LogP contribution >= 0.6 is 0 Å². The lowest BCUT2D eigenvalue weighted by Crippen LogP contribution is -2.10. The lowest BCUT2D eigenvalue weighted by molar-refractivity contribution is -0.140. The summed E-state index contributed by atoms with van der Waals surface area (Å²) < 4.78 is 0. The van der Waals surface area contributed by atoms with Crippen molar-refractivity contribution >= 4 is 28.2 Å². The first-order valence-electron chi connectivity index (χ1n) is 25.1. The quantitative estimate of drug-likeness (QED) is 0.0320. The second-order valence-corrected chi connectivity index (χ2v) is 18.0. The van der Waals surface area contributed by atoms with E-state index in [4.69, 9.17) is 15.3 Å². The molecule has 57 heavy (non-hydrogen) atoms. The van der Waals surface area contributed by atoms with Crippen LogP contribution in [-0.2, 0) is 14.4 Å². The third kappa shape index (κ3) is 61.2. The summed E-state index contributed by atoms with van der Waals surface area (Å²) in [5.74, 6) is -2.39. The highest BCUT2D eigenvalue weighted by molar-refractivity contribution is 6.08. The van der Waals surface area contributed by atoms with Crippen molar-refractivity contribution in [1.82, 2.24) is 0 Å². The zero-order valence-corrected chi connectivity index (χ0v) is 40.6. The maximum Gasteiger partial charge on any atom is 0.310 e. The van der Waals surface area contributed by atoms with Gasteiger partial charge in [0, 0.05) is 23.1 Å². The minimum absolute atomic E-state index is 0.345. The fourth-order valence-corrected chi connectivity index (χ4v) is 7.81. The van der Waals surface area contributed by atoms with Gasteiger partial charge in [0.25, 0.3) is 0 Å². The van der Waals surface area contributed by atoms with Crippen LogP contribution in [0.4, 0.5) is 0 Å². The molecule has 0 aromatic heterocycles. The third-order valence-electron chi connectivity index (χ3n) is 11.2. The van der Waals surface area contributed by atoms with Crippen molar-refractivity contribution in [3.63, 3.8) is 0 Å². The molecular formula is C50H100O6Si. The number of rotatable bonds is 44. The molecule has 0 aliphatic heterocycles. The summed E-state index contributed by atoms with van der Waals surface area (Å²) in [6, 6.07) is 1.47. The van der Waals surface area contributed by atoms with Gasteiger partial charge in [0.1, 0.15) is 0 Å². The highest BCUT2D eigenvalue weighted by Crippen LogP contribution is 2.17. The van der Waals surface area contributed by atoms with Crippen molar-refractivity contribution in [2.24, 2.45) is 5.92 Å². The van der Waals surface area contributed by atoms with Gasteiger partial charge in [-0.25, -0.2) is 0 Å². The smallest absolute Gasteiger partial charge is 0.310 e. The monoisotopic (exact) mass is 825 g/mol. The van der Waals surface area contributed by atoms with Gasteiger partial charge in [-0.05, 0) is 19.3 Å². The maximum absolute atomic E-state index is 10.8. The Labute approximate surface area is 358 Å². The van der Waals surface area contributed by atoms with Gasteiger partial charge in [-0.1, -0.05) is 257 Å². The average molecular weight is 825 g/mol. The molecule has 0 aromatic rings. The number of carboxylic acid groups (broad SMARTS) is 3. The Balaban J connectivity index is -0.000000771. The summed E-state index contributed by atoms with van der Waals surface area (Å²) in [5.41, 5.74) is 0. The van der Waals surface area contributed by atoms with E-state index >= 15 is 0 Å². The van der Waals surface area contributed by atoms with Crippen LogP contribution in [0.2, 0.25) is 6.04 Å². The highest BCUT2D eigenvalue weighted by atomic mass is 28.1. The molecule has 7 heteroatoms. The molecule has 0 saturated carbocycles. The first-order chi connectivity index (χ1) is 27.8. The molecule has 0 radical (unpaired) electrons. The number of carbonyl (C=O) groups is 3. The second kappa shape index (κ2) is 54.4. The van der Waals surface area contributed by atoms with Crippen LogP contribution in [0.5, 0.6) is 0 Å². The molecule has 0 aliphatic carbocycles. The van der Waals surface area contributed by atoms with Crippen molar-refractivity contribution < 1.29 is 29.7 Å². The third-order valence-corrected chi connectivity index (χ3v) is 11.9. The van der Waals surface area contributed by atoms with Gasteiger partial charge in [-0.3, -0.25) is 14.4 Å². The van der Waals surface area contributed by atoms with E-state index < -0.39 is 17.9 Å². The van der Waals surface area contributed by atoms with Gasteiger partial charge in [-0.2, -0.15) is 0 Å². The first-order valence-corrected chi connectivity index (χ1v) is 26.5. The number of carboxylic acids is 3. The van der Waals surface area contributed by atoms with E-state index in [0.29, 0.717) is 12.8 Å². The van der Waals surface area contributed by atoms with Crippen molar-refractivity contribution in [2.45, 2.75) is 283 Å². The molecule has 0 bridgehead atoms. The summed E-state index contributed by atoms with van der Waals surface area (Å²) >= 11 is 0. The van der Waals surface area contributed by atoms with Gasteiger partial charge in [0.05, 0.1) is 5.92 Å². The SMILES string of the molecule is C=CC(CCCCCCCCCCCCCC[SiH3])C(=O)O.CCCCCCCCCCCCCCCC(=O)O.CCCCCCCCCCCCCCCC(=O)O. The minimum Gasteiger partial charge on any atom is -0.481 e. The standard InChI is InChI=1S/C18H36O2Si.2C16H32O2/c1-2-17(18(19)20)15-13-11-9-7-5-3-4-6-8-10-12-14-16-21;2*1-2-3-4-5-6-7-8-9-10-11-12-13-14-15-16(17)18/h2,17H,1,3-16H2,21H3,(H,19,20);2*2-15H2,1H3,(H,17,18). The molecule has 0 aliphatic rings. The van der Waals surface area contributed by atoms with Gasteiger partial charge in [0.15, 0.2) is 0 Å². The van der Waals surface area contributed by atoms with E-state index in [1.54, 1.807) is 6.08 Å². The minimum atomic E-state index is -0.731. The molecule has 0 spiro atoms. The van der Waals surface area contributed by atoms with Crippen LogP contribution < -0.4 is 0 Å². The van der Waals surface area contributed by atoms with Crippen LogP contribution in [0.15, 0.2) is 12.7 Å². The molecule has 0 fully saturated rings. The molecule has 340 valence electrons. The molecule has 1 unspecified atom stereocenters.